The van der Waals surface area contributed by atoms with Crippen LogP contribution in [0.2, 0.25) is 0 Å². The molecule has 120 valence electrons. The summed E-state index contributed by atoms with van der Waals surface area (Å²) in [6, 6.07) is 10.6. The van der Waals surface area contributed by atoms with E-state index < -0.39 is 11.7 Å². The fourth-order valence-electron chi connectivity index (χ4n) is 2.17. The zero-order chi connectivity index (χ0) is 15.5. The van der Waals surface area contributed by atoms with Crippen molar-refractivity contribution in [2.45, 2.75) is 13.1 Å². The molecule has 0 unspecified atom stereocenters. The summed E-state index contributed by atoms with van der Waals surface area (Å²) in [7, 11) is 0. The second-order valence-corrected chi connectivity index (χ2v) is 4.66. The highest BCUT2D eigenvalue weighted by molar-refractivity contribution is 5.85. The lowest BCUT2D eigenvalue weighted by Crippen LogP contribution is -2.10. The van der Waals surface area contributed by atoms with Crippen LogP contribution in [0.3, 0.4) is 0 Å². The maximum Gasteiger partial charge on any atom is 0.417 e. The molecule has 0 fully saturated rings. The first-order chi connectivity index (χ1) is 9.93. The van der Waals surface area contributed by atoms with E-state index in [2.05, 4.69) is 0 Å². The van der Waals surface area contributed by atoms with Gasteiger partial charge in [0.15, 0.2) is 0 Å². The molecule has 0 aliphatic heterocycles. The van der Waals surface area contributed by atoms with E-state index in [0.717, 1.165) is 11.6 Å². The molecule has 0 aliphatic carbocycles. The minimum Gasteiger partial charge on any atom is -0.492 e. The number of halogens is 4. The monoisotopic (exact) mass is 331 g/mol. The normalized spacial score (nSPS) is 11.0. The van der Waals surface area contributed by atoms with Crippen molar-refractivity contribution < 1.29 is 17.9 Å². The number of ether oxygens (including phenoxy) is 1. The third-order valence-corrected chi connectivity index (χ3v) is 3.11. The molecule has 0 radical (unpaired) electrons. The lowest BCUT2D eigenvalue weighted by molar-refractivity contribution is -0.137. The molecule has 2 N–H and O–H groups in total. The van der Waals surface area contributed by atoms with Crippen molar-refractivity contribution in [1.29, 1.82) is 0 Å². The Kier molecular flexibility index (Phi) is 6.26. The molecule has 22 heavy (non-hydrogen) atoms. The lowest BCUT2D eigenvalue weighted by atomic mass is 9.95. The summed E-state index contributed by atoms with van der Waals surface area (Å²) in [6.45, 7) is 2.52. The van der Waals surface area contributed by atoms with Crippen molar-refractivity contribution in [3.05, 3.63) is 53.6 Å². The number of hydrogen-bond donors (Lipinski definition) is 1. The summed E-state index contributed by atoms with van der Waals surface area (Å²) in [5, 5.41) is 0. The lowest BCUT2D eigenvalue weighted by Gasteiger charge is -2.15. The molecule has 2 aromatic carbocycles. The first kappa shape index (κ1) is 18.3. The first-order valence-corrected chi connectivity index (χ1v) is 6.53. The molecular weight excluding hydrogens is 315 g/mol. The third-order valence-electron chi connectivity index (χ3n) is 3.11. The molecule has 2 nitrogen and oxygen atoms in total. The van der Waals surface area contributed by atoms with Gasteiger partial charge in [-0.05, 0) is 41.8 Å². The molecule has 0 aromatic heterocycles. The molecule has 0 spiro atoms. The van der Waals surface area contributed by atoms with E-state index in [4.69, 9.17) is 10.5 Å². The Morgan fingerprint density at radius 2 is 1.73 bits per heavy atom. The van der Waals surface area contributed by atoms with E-state index in [1.807, 2.05) is 0 Å². The number of aryl methyl sites for hydroxylation is 1. The summed E-state index contributed by atoms with van der Waals surface area (Å²) in [5.41, 5.74) is 6.16. The molecule has 0 aliphatic rings. The van der Waals surface area contributed by atoms with Crippen LogP contribution in [0.4, 0.5) is 13.2 Å². The second-order valence-electron chi connectivity index (χ2n) is 4.66. The van der Waals surface area contributed by atoms with Gasteiger partial charge < -0.3 is 10.5 Å². The van der Waals surface area contributed by atoms with Crippen LogP contribution in [0, 0.1) is 6.92 Å². The number of rotatable bonds is 4. The molecule has 0 bridgehead atoms. The largest absolute Gasteiger partial charge is 0.492 e. The fourth-order valence-corrected chi connectivity index (χ4v) is 2.17. The Morgan fingerprint density at radius 1 is 1.05 bits per heavy atom. The van der Waals surface area contributed by atoms with Gasteiger partial charge in [-0.1, -0.05) is 24.3 Å². The zero-order valence-corrected chi connectivity index (χ0v) is 12.8. The maximum atomic E-state index is 13.1. The van der Waals surface area contributed by atoms with Gasteiger partial charge in [0.1, 0.15) is 12.4 Å². The zero-order valence-electron chi connectivity index (χ0n) is 12.0. The average Bonchev–Trinajstić information content (AvgIpc) is 2.44. The van der Waals surface area contributed by atoms with E-state index in [-0.39, 0.29) is 18.0 Å². The van der Waals surface area contributed by atoms with Crippen molar-refractivity contribution in [2.24, 2.45) is 5.73 Å². The Hall–Kier alpha value is -1.72. The van der Waals surface area contributed by atoms with Gasteiger partial charge in [-0.25, -0.2) is 0 Å². The molecule has 0 saturated heterocycles. The Labute approximate surface area is 133 Å². The van der Waals surface area contributed by atoms with Gasteiger partial charge in [-0.2, -0.15) is 13.2 Å². The Bertz CT molecular complexity index is 629. The van der Waals surface area contributed by atoms with Crippen LogP contribution in [-0.4, -0.2) is 13.2 Å². The van der Waals surface area contributed by atoms with Crippen LogP contribution in [0.5, 0.6) is 5.75 Å². The quantitative estimate of drug-likeness (QED) is 0.899. The SMILES string of the molecule is Cc1cc(OCCN)ccc1-c1ccccc1C(F)(F)F.Cl. The average molecular weight is 332 g/mol. The number of nitrogens with two attached hydrogens (primary N) is 1. The predicted molar refractivity (Wildman–Crippen MR) is 83.4 cm³/mol. The molecule has 0 heterocycles. The Morgan fingerprint density at radius 3 is 2.32 bits per heavy atom. The van der Waals surface area contributed by atoms with Gasteiger partial charge in [-0.15, -0.1) is 12.4 Å². The van der Waals surface area contributed by atoms with E-state index in [0.29, 0.717) is 24.5 Å². The topological polar surface area (TPSA) is 35.2 Å². The van der Waals surface area contributed by atoms with Gasteiger partial charge in [0.25, 0.3) is 0 Å². The van der Waals surface area contributed by atoms with Crippen LogP contribution in [0.1, 0.15) is 11.1 Å². The van der Waals surface area contributed by atoms with Crippen LogP contribution < -0.4 is 10.5 Å². The molecule has 2 rings (SSSR count). The smallest absolute Gasteiger partial charge is 0.417 e. The Balaban J connectivity index is 0.00000242. The minimum atomic E-state index is -4.38. The van der Waals surface area contributed by atoms with E-state index in [9.17, 15) is 13.2 Å². The summed E-state index contributed by atoms with van der Waals surface area (Å²) < 4.78 is 44.6. The van der Waals surface area contributed by atoms with Crippen LogP contribution in [-0.2, 0) is 6.18 Å². The van der Waals surface area contributed by atoms with E-state index in [1.54, 1.807) is 31.2 Å². The summed E-state index contributed by atoms with van der Waals surface area (Å²) >= 11 is 0. The molecule has 0 atom stereocenters. The summed E-state index contributed by atoms with van der Waals surface area (Å²) in [6.07, 6.45) is -4.38. The fraction of sp³-hybridized carbons (Fsp3) is 0.250. The second kappa shape index (κ2) is 7.51. The number of benzene rings is 2. The first-order valence-electron chi connectivity index (χ1n) is 6.53. The van der Waals surface area contributed by atoms with Crippen molar-refractivity contribution in [2.75, 3.05) is 13.2 Å². The molecule has 6 heteroatoms. The highest BCUT2D eigenvalue weighted by Crippen LogP contribution is 2.38. The van der Waals surface area contributed by atoms with Gasteiger partial charge in [-0.3, -0.25) is 0 Å². The maximum absolute atomic E-state index is 13.1. The van der Waals surface area contributed by atoms with Crippen molar-refractivity contribution in [3.63, 3.8) is 0 Å². The van der Waals surface area contributed by atoms with Crippen molar-refractivity contribution >= 4 is 12.4 Å². The molecular formula is C16H17ClF3NO. The van der Waals surface area contributed by atoms with Crippen LogP contribution in [0.15, 0.2) is 42.5 Å². The van der Waals surface area contributed by atoms with Crippen molar-refractivity contribution in [3.8, 4) is 16.9 Å². The minimum absolute atomic E-state index is 0. The predicted octanol–water partition coefficient (Wildman–Crippen LogP) is 4.44. The van der Waals surface area contributed by atoms with Crippen LogP contribution in [0.25, 0.3) is 11.1 Å². The highest BCUT2D eigenvalue weighted by Gasteiger charge is 2.33. The van der Waals surface area contributed by atoms with Crippen LogP contribution >= 0.6 is 12.4 Å². The summed E-state index contributed by atoms with van der Waals surface area (Å²) in [5.74, 6) is 0.603. The number of hydrogen-bond acceptors (Lipinski definition) is 2. The van der Waals surface area contributed by atoms with Crippen molar-refractivity contribution in [1.82, 2.24) is 0 Å². The van der Waals surface area contributed by atoms with Gasteiger partial charge in [0.2, 0.25) is 0 Å². The van der Waals surface area contributed by atoms with Gasteiger partial charge in [0, 0.05) is 6.54 Å². The molecule has 0 saturated carbocycles. The molecule has 0 amide bonds. The van der Waals surface area contributed by atoms with E-state index >= 15 is 0 Å². The molecule has 2 aromatic rings. The van der Waals surface area contributed by atoms with E-state index in [1.165, 1.54) is 12.1 Å². The summed E-state index contributed by atoms with van der Waals surface area (Å²) in [4.78, 5) is 0. The van der Waals surface area contributed by atoms with Gasteiger partial charge in [0.05, 0.1) is 5.56 Å². The van der Waals surface area contributed by atoms with Gasteiger partial charge >= 0.3 is 6.18 Å². The number of alkyl halides is 3. The highest BCUT2D eigenvalue weighted by atomic mass is 35.5. The standard InChI is InChI=1S/C16H16F3NO.ClH/c1-11-10-12(21-9-8-20)6-7-13(11)14-4-2-3-5-15(14)16(17,18)19;/h2-7,10H,8-9,20H2,1H3;1H. The third kappa shape index (κ3) is 4.15.